The number of likely N-dealkylation sites (tertiary alicyclic amines) is 1. The van der Waals surface area contributed by atoms with Gasteiger partial charge >= 0.3 is 0 Å². The molecule has 0 bridgehead atoms. The number of benzene rings is 1. The molecule has 1 N–H and O–H groups in total. The van der Waals surface area contributed by atoms with Gasteiger partial charge < -0.3 is 5.11 Å². The zero-order valence-corrected chi connectivity index (χ0v) is 11.9. The maximum absolute atomic E-state index is 10.1. The molecule has 0 saturated carbocycles. The summed E-state index contributed by atoms with van der Waals surface area (Å²) in [6, 6.07) is 6.04. The second kappa shape index (κ2) is 5.31. The van der Waals surface area contributed by atoms with E-state index in [9.17, 15) is 5.11 Å². The molecule has 1 aliphatic rings. The quantitative estimate of drug-likeness (QED) is 0.861. The second-order valence-electron chi connectivity index (χ2n) is 6.38. The lowest BCUT2D eigenvalue weighted by atomic mass is 9.85. The van der Waals surface area contributed by atoms with Crippen LogP contribution in [-0.2, 0) is 6.54 Å². The summed E-state index contributed by atoms with van der Waals surface area (Å²) >= 11 is 0. The van der Waals surface area contributed by atoms with Crippen LogP contribution in [-0.4, -0.2) is 23.1 Å². The Kier molecular flexibility index (Phi) is 3.96. The third kappa shape index (κ3) is 3.26. The minimum Gasteiger partial charge on any atom is -0.507 e. The van der Waals surface area contributed by atoms with E-state index in [1.54, 1.807) is 0 Å². The van der Waals surface area contributed by atoms with E-state index in [1.165, 1.54) is 19.3 Å². The largest absolute Gasteiger partial charge is 0.507 e. The number of rotatable bonds is 2. The van der Waals surface area contributed by atoms with Crippen LogP contribution in [0.15, 0.2) is 18.2 Å². The summed E-state index contributed by atoms with van der Waals surface area (Å²) in [5.41, 5.74) is 2.51. The summed E-state index contributed by atoms with van der Waals surface area (Å²) in [5.74, 6) is 0.473. The van der Waals surface area contributed by atoms with Crippen LogP contribution in [0.25, 0.3) is 0 Å². The summed E-state index contributed by atoms with van der Waals surface area (Å²) in [6.07, 6.45) is 3.82. The molecule has 2 rings (SSSR count). The fraction of sp³-hybridized carbons (Fsp3) is 0.625. The zero-order valence-electron chi connectivity index (χ0n) is 11.9. The Hall–Kier alpha value is -1.02. The molecule has 0 spiro atoms. The Morgan fingerprint density at radius 1 is 1.22 bits per heavy atom. The minimum atomic E-state index is 0.473. The molecule has 100 valence electrons. The molecule has 1 aliphatic heterocycles. The smallest absolute Gasteiger partial charge is 0.122 e. The molecule has 1 aromatic carbocycles. The molecule has 0 atom stereocenters. The molecule has 0 aromatic heterocycles. The first kappa shape index (κ1) is 13.4. The van der Waals surface area contributed by atoms with E-state index in [4.69, 9.17) is 0 Å². The van der Waals surface area contributed by atoms with Gasteiger partial charge in [0.25, 0.3) is 0 Å². The molecule has 1 fully saturated rings. The number of hydrogen-bond donors (Lipinski definition) is 1. The highest BCUT2D eigenvalue weighted by molar-refractivity contribution is 5.39. The van der Waals surface area contributed by atoms with Crippen molar-refractivity contribution in [3.8, 4) is 5.75 Å². The Morgan fingerprint density at radius 2 is 2.00 bits per heavy atom. The number of aryl methyl sites for hydroxylation is 1. The van der Waals surface area contributed by atoms with E-state index < -0.39 is 0 Å². The first-order chi connectivity index (χ1) is 8.48. The van der Waals surface area contributed by atoms with Crippen molar-refractivity contribution in [2.24, 2.45) is 5.41 Å². The maximum atomic E-state index is 10.1. The Balaban J connectivity index is 2.03. The van der Waals surface area contributed by atoms with Crippen LogP contribution in [0.1, 0.15) is 44.2 Å². The minimum absolute atomic E-state index is 0.473. The number of phenolic OH excluding ortho intramolecular Hbond substituents is 1. The third-order valence-corrected chi connectivity index (χ3v) is 4.15. The molecule has 0 radical (unpaired) electrons. The molecule has 0 aliphatic carbocycles. The summed E-state index contributed by atoms with van der Waals surface area (Å²) in [4.78, 5) is 2.48. The third-order valence-electron chi connectivity index (χ3n) is 4.15. The van der Waals surface area contributed by atoms with E-state index in [2.05, 4.69) is 18.7 Å². The highest BCUT2D eigenvalue weighted by Gasteiger charge is 2.23. The fourth-order valence-electron chi connectivity index (χ4n) is 2.73. The van der Waals surface area contributed by atoms with Crippen molar-refractivity contribution in [1.29, 1.82) is 0 Å². The van der Waals surface area contributed by atoms with Gasteiger partial charge in [-0.1, -0.05) is 32.0 Å². The molecule has 2 nitrogen and oxygen atoms in total. The van der Waals surface area contributed by atoms with Gasteiger partial charge in [-0.25, -0.2) is 0 Å². The summed E-state index contributed by atoms with van der Waals surface area (Å²) < 4.78 is 0. The standard InChI is InChI=1S/C16H25NO/c1-13-6-4-7-14(15(13)18)12-17-10-5-8-16(2,3)9-11-17/h4,6-7,18H,5,8-12H2,1-3H3. The van der Waals surface area contributed by atoms with Gasteiger partial charge in [0.15, 0.2) is 0 Å². The molecule has 2 heteroatoms. The van der Waals surface area contributed by atoms with Crippen LogP contribution in [0, 0.1) is 12.3 Å². The Bertz CT molecular complexity index is 412. The molecular formula is C16H25NO. The van der Waals surface area contributed by atoms with Crippen molar-refractivity contribution >= 4 is 0 Å². The van der Waals surface area contributed by atoms with Gasteiger partial charge in [0, 0.05) is 12.1 Å². The number of nitrogens with zero attached hydrogens (tertiary/aromatic N) is 1. The normalized spacial score (nSPS) is 20.6. The molecule has 1 aromatic rings. The number of hydrogen-bond acceptors (Lipinski definition) is 2. The lowest BCUT2D eigenvalue weighted by molar-refractivity contribution is 0.253. The molecule has 0 amide bonds. The van der Waals surface area contributed by atoms with Crippen molar-refractivity contribution in [2.45, 2.75) is 46.6 Å². The van der Waals surface area contributed by atoms with E-state index in [1.807, 2.05) is 25.1 Å². The first-order valence-corrected chi connectivity index (χ1v) is 6.98. The molecule has 1 heterocycles. The molecule has 0 unspecified atom stereocenters. The van der Waals surface area contributed by atoms with E-state index in [0.29, 0.717) is 11.2 Å². The van der Waals surface area contributed by atoms with Crippen LogP contribution in [0.2, 0.25) is 0 Å². The van der Waals surface area contributed by atoms with Gasteiger partial charge in [-0.3, -0.25) is 4.90 Å². The van der Waals surface area contributed by atoms with Gasteiger partial charge in [-0.05, 0) is 50.3 Å². The average molecular weight is 247 g/mol. The Morgan fingerprint density at radius 3 is 2.78 bits per heavy atom. The second-order valence-corrected chi connectivity index (χ2v) is 6.38. The fourth-order valence-corrected chi connectivity index (χ4v) is 2.73. The van der Waals surface area contributed by atoms with Crippen molar-refractivity contribution in [1.82, 2.24) is 4.90 Å². The number of para-hydroxylation sites is 1. The van der Waals surface area contributed by atoms with Gasteiger partial charge in [0.05, 0.1) is 0 Å². The van der Waals surface area contributed by atoms with Crippen molar-refractivity contribution in [2.75, 3.05) is 13.1 Å². The predicted molar refractivity (Wildman–Crippen MR) is 75.8 cm³/mol. The van der Waals surface area contributed by atoms with Gasteiger partial charge in [0.1, 0.15) is 5.75 Å². The van der Waals surface area contributed by atoms with Gasteiger partial charge in [0.2, 0.25) is 0 Å². The van der Waals surface area contributed by atoms with E-state index in [0.717, 1.165) is 30.8 Å². The van der Waals surface area contributed by atoms with Gasteiger partial charge in [-0.15, -0.1) is 0 Å². The predicted octanol–water partition coefficient (Wildman–Crippen LogP) is 3.71. The lowest BCUT2D eigenvalue weighted by Gasteiger charge is -2.23. The van der Waals surface area contributed by atoms with E-state index in [-0.39, 0.29) is 0 Å². The van der Waals surface area contributed by atoms with Crippen molar-refractivity contribution in [3.05, 3.63) is 29.3 Å². The SMILES string of the molecule is Cc1cccc(CN2CCCC(C)(C)CC2)c1O. The lowest BCUT2D eigenvalue weighted by Crippen LogP contribution is -2.25. The van der Waals surface area contributed by atoms with Crippen LogP contribution >= 0.6 is 0 Å². The van der Waals surface area contributed by atoms with Crippen LogP contribution in [0.4, 0.5) is 0 Å². The average Bonchev–Trinajstić information content (AvgIpc) is 2.47. The van der Waals surface area contributed by atoms with Crippen molar-refractivity contribution in [3.63, 3.8) is 0 Å². The highest BCUT2D eigenvalue weighted by atomic mass is 16.3. The van der Waals surface area contributed by atoms with Crippen molar-refractivity contribution < 1.29 is 5.11 Å². The van der Waals surface area contributed by atoms with Crippen LogP contribution in [0.5, 0.6) is 5.75 Å². The number of phenols is 1. The Labute approximate surface area is 111 Å². The van der Waals surface area contributed by atoms with E-state index >= 15 is 0 Å². The zero-order chi connectivity index (χ0) is 13.2. The maximum Gasteiger partial charge on any atom is 0.122 e. The van der Waals surface area contributed by atoms with Gasteiger partial charge in [-0.2, -0.15) is 0 Å². The summed E-state index contributed by atoms with van der Waals surface area (Å²) in [6.45, 7) is 9.85. The first-order valence-electron chi connectivity index (χ1n) is 6.98. The topological polar surface area (TPSA) is 23.5 Å². The monoisotopic (exact) mass is 247 g/mol. The van der Waals surface area contributed by atoms with Crippen LogP contribution in [0.3, 0.4) is 0 Å². The summed E-state index contributed by atoms with van der Waals surface area (Å²) in [5, 5.41) is 10.1. The molecule has 18 heavy (non-hydrogen) atoms. The summed E-state index contributed by atoms with van der Waals surface area (Å²) in [7, 11) is 0. The molecule has 1 saturated heterocycles. The highest BCUT2D eigenvalue weighted by Crippen LogP contribution is 2.31. The number of aromatic hydroxyl groups is 1. The van der Waals surface area contributed by atoms with Crippen LogP contribution < -0.4 is 0 Å². The molecular weight excluding hydrogens is 222 g/mol.